The van der Waals surface area contributed by atoms with E-state index in [0.29, 0.717) is 18.5 Å². The van der Waals surface area contributed by atoms with E-state index in [1.54, 1.807) is 0 Å². The zero-order valence-electron chi connectivity index (χ0n) is 9.81. The van der Waals surface area contributed by atoms with Crippen LogP contribution in [0, 0.1) is 0 Å². The van der Waals surface area contributed by atoms with Gasteiger partial charge in [0.25, 0.3) is 0 Å². The van der Waals surface area contributed by atoms with Crippen molar-refractivity contribution in [3.05, 3.63) is 0 Å². The highest BCUT2D eigenvalue weighted by molar-refractivity contribution is 5.78. The predicted molar refractivity (Wildman–Crippen MR) is 60.6 cm³/mol. The van der Waals surface area contributed by atoms with E-state index in [-0.39, 0.29) is 11.4 Å². The number of rotatable bonds is 0. The molecule has 1 aliphatic carbocycles. The van der Waals surface area contributed by atoms with Gasteiger partial charge < -0.3 is 10.6 Å². The second-order valence-corrected chi connectivity index (χ2v) is 5.62. The van der Waals surface area contributed by atoms with Crippen LogP contribution in [0.25, 0.3) is 0 Å². The Bertz CT molecular complexity index is 250. The zero-order valence-corrected chi connectivity index (χ0v) is 9.81. The summed E-state index contributed by atoms with van der Waals surface area (Å²) in [5, 5.41) is 6.82. The molecule has 0 unspecified atom stereocenters. The molecule has 2 rings (SSSR count). The van der Waals surface area contributed by atoms with Crippen molar-refractivity contribution in [1.82, 2.24) is 10.6 Å². The molecule has 2 N–H and O–H groups in total. The fourth-order valence-corrected chi connectivity index (χ4v) is 2.87. The van der Waals surface area contributed by atoms with E-state index in [1.807, 2.05) is 0 Å². The first-order valence-corrected chi connectivity index (χ1v) is 6.14. The molecule has 3 heteroatoms. The molecule has 3 nitrogen and oxygen atoms in total. The van der Waals surface area contributed by atoms with Gasteiger partial charge >= 0.3 is 0 Å². The maximum Gasteiger partial charge on any atom is 0.222 e. The van der Waals surface area contributed by atoms with Crippen LogP contribution < -0.4 is 10.6 Å². The van der Waals surface area contributed by atoms with Crippen molar-refractivity contribution in [2.45, 2.75) is 70.0 Å². The molecule has 0 aromatic rings. The van der Waals surface area contributed by atoms with Crippen LogP contribution in [0.15, 0.2) is 0 Å². The van der Waals surface area contributed by atoms with Crippen molar-refractivity contribution in [2.24, 2.45) is 0 Å². The Hall–Kier alpha value is -0.570. The summed E-state index contributed by atoms with van der Waals surface area (Å²) in [5.74, 6) is 0.210. The molecular weight excluding hydrogens is 188 g/mol. The number of hydrogen-bond donors (Lipinski definition) is 2. The highest BCUT2D eigenvalue weighted by atomic mass is 16.1. The molecule has 2 aliphatic rings. The Kier molecular flexibility index (Phi) is 3.01. The second-order valence-electron chi connectivity index (χ2n) is 5.62. The second kappa shape index (κ2) is 4.12. The van der Waals surface area contributed by atoms with Crippen molar-refractivity contribution < 1.29 is 4.79 Å². The molecule has 1 aliphatic heterocycles. The number of carbonyl (C=O) groups is 1. The Morgan fingerprint density at radius 3 is 2.53 bits per heavy atom. The molecule has 2 fully saturated rings. The van der Waals surface area contributed by atoms with Gasteiger partial charge in [-0.05, 0) is 26.7 Å². The SMILES string of the molecule is CC1(C)CC(=O)N[C@@H]2CCCCC[C@@H]2N1. The molecule has 0 aromatic carbocycles. The predicted octanol–water partition coefficient (Wildman–Crippen LogP) is 1.58. The first-order chi connectivity index (χ1) is 7.07. The summed E-state index contributed by atoms with van der Waals surface area (Å²) < 4.78 is 0. The number of nitrogens with one attached hydrogen (secondary N) is 2. The van der Waals surface area contributed by atoms with Crippen molar-refractivity contribution in [2.75, 3.05) is 0 Å². The Morgan fingerprint density at radius 1 is 1.13 bits per heavy atom. The van der Waals surface area contributed by atoms with Gasteiger partial charge in [0.05, 0.1) is 0 Å². The fraction of sp³-hybridized carbons (Fsp3) is 0.917. The monoisotopic (exact) mass is 210 g/mol. The minimum Gasteiger partial charge on any atom is -0.352 e. The van der Waals surface area contributed by atoms with Gasteiger partial charge in [0.1, 0.15) is 0 Å². The van der Waals surface area contributed by atoms with E-state index in [1.165, 1.54) is 25.7 Å². The Morgan fingerprint density at radius 2 is 1.80 bits per heavy atom. The molecule has 1 saturated carbocycles. The molecule has 0 bridgehead atoms. The minimum absolute atomic E-state index is 0.0478. The fourth-order valence-electron chi connectivity index (χ4n) is 2.87. The number of fused-ring (bicyclic) bond motifs is 1. The molecule has 1 amide bonds. The van der Waals surface area contributed by atoms with Gasteiger partial charge in [0.15, 0.2) is 0 Å². The Labute approximate surface area is 92.0 Å². The van der Waals surface area contributed by atoms with Gasteiger partial charge in [-0.25, -0.2) is 0 Å². The standard InChI is InChI=1S/C12H22N2O/c1-12(2)8-11(15)13-9-6-4-3-5-7-10(9)14-12/h9-10,14H,3-8H2,1-2H3,(H,13,15)/t9-,10+/m1/s1. The van der Waals surface area contributed by atoms with Crippen LogP contribution in [0.5, 0.6) is 0 Å². The van der Waals surface area contributed by atoms with Crippen molar-refractivity contribution in [3.63, 3.8) is 0 Å². The van der Waals surface area contributed by atoms with Crippen LogP contribution in [0.2, 0.25) is 0 Å². The third kappa shape index (κ3) is 2.71. The highest BCUT2D eigenvalue weighted by Gasteiger charge is 2.35. The van der Waals surface area contributed by atoms with Crippen LogP contribution in [-0.4, -0.2) is 23.5 Å². The quantitative estimate of drug-likeness (QED) is 0.637. The van der Waals surface area contributed by atoms with Crippen molar-refractivity contribution in [1.29, 1.82) is 0 Å². The van der Waals surface area contributed by atoms with Gasteiger partial charge in [0.2, 0.25) is 5.91 Å². The van der Waals surface area contributed by atoms with Gasteiger partial charge in [-0.3, -0.25) is 4.79 Å². The number of carbonyl (C=O) groups excluding carboxylic acids is 1. The van der Waals surface area contributed by atoms with Crippen molar-refractivity contribution in [3.8, 4) is 0 Å². The highest BCUT2D eigenvalue weighted by Crippen LogP contribution is 2.24. The molecule has 86 valence electrons. The molecule has 1 saturated heterocycles. The average molecular weight is 210 g/mol. The van der Waals surface area contributed by atoms with Crippen LogP contribution >= 0.6 is 0 Å². The molecule has 0 radical (unpaired) electrons. The summed E-state index contributed by atoms with van der Waals surface area (Å²) in [6, 6.07) is 0.843. The smallest absolute Gasteiger partial charge is 0.222 e. The Balaban J connectivity index is 2.13. The average Bonchev–Trinajstić information content (AvgIpc) is 2.34. The summed E-state index contributed by atoms with van der Waals surface area (Å²) in [6.45, 7) is 4.25. The van der Waals surface area contributed by atoms with Gasteiger partial charge in [-0.2, -0.15) is 0 Å². The van der Waals surface area contributed by atoms with Gasteiger partial charge in [0, 0.05) is 24.0 Å². The summed E-state index contributed by atoms with van der Waals surface area (Å²) >= 11 is 0. The van der Waals surface area contributed by atoms with Crippen LogP contribution in [0.4, 0.5) is 0 Å². The van der Waals surface area contributed by atoms with E-state index in [2.05, 4.69) is 24.5 Å². The molecule has 2 atom stereocenters. The largest absolute Gasteiger partial charge is 0.352 e. The number of amides is 1. The third-order valence-electron chi connectivity index (χ3n) is 3.54. The van der Waals surface area contributed by atoms with E-state index < -0.39 is 0 Å². The number of hydrogen-bond acceptors (Lipinski definition) is 2. The normalized spacial score (nSPS) is 36.0. The third-order valence-corrected chi connectivity index (χ3v) is 3.54. The summed E-state index contributed by atoms with van der Waals surface area (Å²) in [4.78, 5) is 11.7. The summed E-state index contributed by atoms with van der Waals surface area (Å²) in [5.41, 5.74) is -0.0478. The van der Waals surface area contributed by atoms with Gasteiger partial charge in [-0.15, -0.1) is 0 Å². The minimum atomic E-state index is -0.0478. The molecular formula is C12H22N2O. The molecule has 0 aromatic heterocycles. The molecule has 0 spiro atoms. The molecule has 15 heavy (non-hydrogen) atoms. The van der Waals surface area contributed by atoms with Crippen LogP contribution in [-0.2, 0) is 4.79 Å². The zero-order chi connectivity index (χ0) is 10.9. The van der Waals surface area contributed by atoms with Gasteiger partial charge in [-0.1, -0.05) is 19.3 Å². The summed E-state index contributed by atoms with van der Waals surface area (Å²) in [7, 11) is 0. The van der Waals surface area contributed by atoms with E-state index in [9.17, 15) is 4.79 Å². The lowest BCUT2D eigenvalue weighted by atomic mass is 9.97. The van der Waals surface area contributed by atoms with E-state index in [0.717, 1.165) is 6.42 Å². The molecule has 1 heterocycles. The summed E-state index contributed by atoms with van der Waals surface area (Å²) in [6.07, 6.45) is 6.79. The lowest BCUT2D eigenvalue weighted by molar-refractivity contribution is -0.122. The van der Waals surface area contributed by atoms with Crippen LogP contribution in [0.1, 0.15) is 52.4 Å². The maximum atomic E-state index is 11.7. The van der Waals surface area contributed by atoms with E-state index >= 15 is 0 Å². The lowest BCUT2D eigenvalue weighted by Gasteiger charge is -2.30. The van der Waals surface area contributed by atoms with Crippen LogP contribution in [0.3, 0.4) is 0 Å². The first kappa shape index (κ1) is 10.9. The first-order valence-electron chi connectivity index (χ1n) is 6.14. The van der Waals surface area contributed by atoms with E-state index in [4.69, 9.17) is 0 Å². The lowest BCUT2D eigenvalue weighted by Crippen LogP contribution is -2.50. The van der Waals surface area contributed by atoms with Crippen molar-refractivity contribution >= 4 is 5.91 Å². The topological polar surface area (TPSA) is 41.1 Å². The maximum absolute atomic E-state index is 11.7.